The Bertz CT molecular complexity index is 856. The van der Waals surface area contributed by atoms with Crippen LogP contribution in [-0.4, -0.2) is 33.9 Å². The Morgan fingerprint density at radius 1 is 1.17 bits per heavy atom. The molecule has 1 fully saturated rings. The first-order valence-corrected chi connectivity index (χ1v) is 8.21. The first kappa shape index (κ1) is 14.9. The number of aromatic amines is 1. The summed E-state index contributed by atoms with van der Waals surface area (Å²) in [7, 11) is 0. The van der Waals surface area contributed by atoms with Gasteiger partial charge < -0.3 is 9.88 Å². The number of carbonyl (C=O) groups is 1. The van der Waals surface area contributed by atoms with E-state index < -0.39 is 5.82 Å². The van der Waals surface area contributed by atoms with E-state index in [1.807, 2.05) is 24.3 Å². The number of benzene rings is 2. The molecule has 4 rings (SSSR count). The van der Waals surface area contributed by atoms with Crippen LogP contribution < -0.4 is 0 Å². The molecule has 3 aromatic rings. The van der Waals surface area contributed by atoms with E-state index in [1.54, 1.807) is 23.1 Å². The molecule has 0 saturated carbocycles. The molecular weight excluding hydrogens is 305 g/mol. The van der Waals surface area contributed by atoms with Crippen LogP contribution in [0, 0.1) is 5.82 Å². The zero-order valence-corrected chi connectivity index (χ0v) is 13.2. The molecule has 1 saturated heterocycles. The lowest BCUT2D eigenvalue weighted by atomic mass is 9.96. The lowest BCUT2D eigenvalue weighted by Gasteiger charge is -2.32. The van der Waals surface area contributed by atoms with Crippen LogP contribution in [0.3, 0.4) is 0 Å². The average molecular weight is 323 g/mol. The lowest BCUT2D eigenvalue weighted by molar-refractivity contribution is 0.0700. The van der Waals surface area contributed by atoms with Crippen molar-refractivity contribution in [2.75, 3.05) is 13.1 Å². The molecule has 0 radical (unpaired) electrons. The number of hydrogen-bond acceptors (Lipinski definition) is 2. The summed E-state index contributed by atoms with van der Waals surface area (Å²) in [4.78, 5) is 22.4. The molecule has 4 nitrogen and oxygen atoms in total. The van der Waals surface area contributed by atoms with Gasteiger partial charge in [0.25, 0.3) is 5.91 Å². The smallest absolute Gasteiger partial charge is 0.256 e. The highest BCUT2D eigenvalue weighted by Gasteiger charge is 2.28. The van der Waals surface area contributed by atoms with Gasteiger partial charge in [-0.1, -0.05) is 24.3 Å². The van der Waals surface area contributed by atoms with Crippen LogP contribution >= 0.6 is 0 Å². The molecule has 1 atom stereocenters. The minimum atomic E-state index is -0.464. The van der Waals surface area contributed by atoms with E-state index in [-0.39, 0.29) is 17.4 Å². The summed E-state index contributed by atoms with van der Waals surface area (Å²) in [6, 6.07) is 14.1. The summed E-state index contributed by atoms with van der Waals surface area (Å²) < 4.78 is 13.9. The number of likely N-dealkylation sites (tertiary alicyclic amines) is 1. The Hall–Kier alpha value is -2.69. The van der Waals surface area contributed by atoms with Gasteiger partial charge in [0.15, 0.2) is 0 Å². The van der Waals surface area contributed by atoms with Crippen LogP contribution in [-0.2, 0) is 0 Å². The predicted octanol–water partition coefficient (Wildman–Crippen LogP) is 3.72. The molecule has 1 aromatic heterocycles. The van der Waals surface area contributed by atoms with Crippen molar-refractivity contribution in [2.24, 2.45) is 0 Å². The molecule has 1 N–H and O–H groups in total. The van der Waals surface area contributed by atoms with Gasteiger partial charge in [0.2, 0.25) is 0 Å². The summed E-state index contributed by atoms with van der Waals surface area (Å²) in [6.45, 7) is 1.22. The first-order chi connectivity index (χ1) is 11.7. The van der Waals surface area contributed by atoms with E-state index in [1.165, 1.54) is 6.07 Å². The lowest BCUT2D eigenvalue weighted by Crippen LogP contribution is -2.39. The van der Waals surface area contributed by atoms with Gasteiger partial charge in [0, 0.05) is 19.0 Å². The van der Waals surface area contributed by atoms with E-state index >= 15 is 0 Å². The zero-order chi connectivity index (χ0) is 16.5. The fraction of sp³-hybridized carbons (Fsp3) is 0.263. The Kier molecular flexibility index (Phi) is 3.76. The first-order valence-electron chi connectivity index (χ1n) is 8.21. The largest absolute Gasteiger partial charge is 0.342 e. The second-order valence-corrected chi connectivity index (χ2v) is 6.21. The minimum Gasteiger partial charge on any atom is -0.342 e. The Morgan fingerprint density at radius 2 is 1.96 bits per heavy atom. The SMILES string of the molecule is O=C(c1ccccc1F)N1CCCC(c2nc3ccccc3[nH]2)C1. The number of aromatic nitrogens is 2. The number of carbonyl (C=O) groups excluding carboxylic acids is 1. The van der Waals surface area contributed by atoms with E-state index in [9.17, 15) is 9.18 Å². The van der Waals surface area contributed by atoms with Crippen molar-refractivity contribution in [1.29, 1.82) is 0 Å². The molecule has 2 heterocycles. The number of H-pyrrole nitrogens is 1. The summed E-state index contributed by atoms with van der Waals surface area (Å²) in [6.07, 6.45) is 1.86. The molecule has 1 aliphatic heterocycles. The van der Waals surface area contributed by atoms with Gasteiger partial charge in [-0.15, -0.1) is 0 Å². The Labute approximate surface area is 139 Å². The predicted molar refractivity (Wildman–Crippen MR) is 90.4 cm³/mol. The summed E-state index contributed by atoms with van der Waals surface area (Å²) in [5.41, 5.74) is 2.08. The van der Waals surface area contributed by atoms with Crippen molar-refractivity contribution < 1.29 is 9.18 Å². The van der Waals surface area contributed by atoms with E-state index in [0.717, 1.165) is 29.7 Å². The van der Waals surface area contributed by atoms with Gasteiger partial charge in [0.05, 0.1) is 16.6 Å². The molecule has 1 unspecified atom stereocenters. The van der Waals surface area contributed by atoms with Crippen molar-refractivity contribution in [1.82, 2.24) is 14.9 Å². The van der Waals surface area contributed by atoms with Crippen molar-refractivity contribution in [3.05, 3.63) is 65.7 Å². The Balaban J connectivity index is 1.57. The normalized spacial score (nSPS) is 18.0. The fourth-order valence-corrected chi connectivity index (χ4v) is 3.36. The van der Waals surface area contributed by atoms with E-state index in [2.05, 4.69) is 9.97 Å². The molecule has 0 bridgehead atoms. The number of hydrogen-bond donors (Lipinski definition) is 1. The highest BCUT2D eigenvalue weighted by molar-refractivity contribution is 5.94. The minimum absolute atomic E-state index is 0.141. The van der Waals surface area contributed by atoms with Crippen LogP contribution in [0.1, 0.15) is 34.9 Å². The molecule has 0 aliphatic carbocycles. The average Bonchev–Trinajstić information content (AvgIpc) is 3.06. The van der Waals surface area contributed by atoms with Crippen LogP contribution in [0.5, 0.6) is 0 Å². The number of nitrogens with one attached hydrogen (secondary N) is 1. The third kappa shape index (κ3) is 2.66. The van der Waals surface area contributed by atoms with Gasteiger partial charge in [-0.25, -0.2) is 9.37 Å². The fourth-order valence-electron chi connectivity index (χ4n) is 3.36. The molecule has 5 heteroatoms. The number of halogens is 1. The summed E-state index contributed by atoms with van der Waals surface area (Å²) >= 11 is 0. The molecule has 1 aliphatic rings. The topological polar surface area (TPSA) is 49.0 Å². The number of fused-ring (bicyclic) bond motifs is 1. The maximum Gasteiger partial charge on any atom is 0.256 e. The van der Waals surface area contributed by atoms with Gasteiger partial charge in [-0.3, -0.25) is 4.79 Å². The third-order valence-corrected chi connectivity index (χ3v) is 4.61. The summed E-state index contributed by atoms with van der Waals surface area (Å²) in [5.74, 6) is 0.353. The molecule has 1 amide bonds. The highest BCUT2D eigenvalue weighted by Crippen LogP contribution is 2.27. The van der Waals surface area contributed by atoms with E-state index in [0.29, 0.717) is 13.1 Å². The number of nitrogens with zero attached hydrogens (tertiary/aromatic N) is 2. The van der Waals surface area contributed by atoms with Gasteiger partial charge >= 0.3 is 0 Å². The second-order valence-electron chi connectivity index (χ2n) is 6.21. The standard InChI is InChI=1S/C19H18FN3O/c20-15-8-2-1-7-14(15)19(24)23-11-5-6-13(12-23)18-21-16-9-3-4-10-17(16)22-18/h1-4,7-10,13H,5-6,11-12H2,(H,21,22). The second kappa shape index (κ2) is 6.07. The van der Waals surface area contributed by atoms with Crippen molar-refractivity contribution in [2.45, 2.75) is 18.8 Å². The van der Waals surface area contributed by atoms with E-state index in [4.69, 9.17) is 0 Å². The molecule has 2 aromatic carbocycles. The molecular formula is C19H18FN3O. The highest BCUT2D eigenvalue weighted by atomic mass is 19.1. The van der Waals surface area contributed by atoms with Crippen LogP contribution in [0.15, 0.2) is 48.5 Å². The number of imidazole rings is 1. The van der Waals surface area contributed by atoms with Gasteiger partial charge in [-0.2, -0.15) is 0 Å². The van der Waals surface area contributed by atoms with Gasteiger partial charge in [0.1, 0.15) is 11.6 Å². The number of piperidine rings is 1. The van der Waals surface area contributed by atoms with Crippen molar-refractivity contribution in [3.63, 3.8) is 0 Å². The maximum absolute atomic E-state index is 13.9. The Morgan fingerprint density at radius 3 is 2.79 bits per heavy atom. The summed E-state index contributed by atoms with van der Waals surface area (Å²) in [5, 5.41) is 0. The maximum atomic E-state index is 13.9. The quantitative estimate of drug-likeness (QED) is 0.781. The third-order valence-electron chi connectivity index (χ3n) is 4.61. The zero-order valence-electron chi connectivity index (χ0n) is 13.2. The number of para-hydroxylation sites is 2. The van der Waals surface area contributed by atoms with Crippen LogP contribution in [0.25, 0.3) is 11.0 Å². The van der Waals surface area contributed by atoms with Crippen LogP contribution in [0.4, 0.5) is 4.39 Å². The van der Waals surface area contributed by atoms with Gasteiger partial charge in [-0.05, 0) is 37.1 Å². The molecule has 122 valence electrons. The van der Waals surface area contributed by atoms with Crippen molar-refractivity contribution in [3.8, 4) is 0 Å². The monoisotopic (exact) mass is 323 g/mol. The van der Waals surface area contributed by atoms with Crippen molar-refractivity contribution >= 4 is 16.9 Å². The molecule has 24 heavy (non-hydrogen) atoms. The molecule has 0 spiro atoms. The number of rotatable bonds is 2. The number of amides is 1. The van der Waals surface area contributed by atoms with Crippen LogP contribution in [0.2, 0.25) is 0 Å².